The van der Waals surface area contributed by atoms with E-state index in [-0.39, 0.29) is 114 Å². The highest BCUT2D eigenvalue weighted by atomic mass is 16.7. The van der Waals surface area contributed by atoms with Crippen LogP contribution in [0.1, 0.15) is 56.7 Å². The minimum absolute atomic E-state index is 0.0270. The number of nitrogens with one attached hydrogen (secondary N) is 3. The lowest BCUT2D eigenvalue weighted by Crippen LogP contribution is -2.44. The monoisotopic (exact) mass is 803 g/mol. The standard InChI is InChI=1S/C42H57N7O9/c1-34(50)47(56-31-37-13-7-4-8-14-37)25-19-40(53)43-22-28-46(29-23-44-41(54)20-26-48(35(2)51)57-32-38-15-9-5-10-16-38)30-24-45-42(55)21-27-49(36(3)52)58-33-39-17-11-6-12-18-39/h4-18H,19-33H2,1-3H3,(H,43,53)(H,44,54)(H,45,55). The number of hydrogen-bond donors (Lipinski definition) is 3. The molecule has 0 aromatic heterocycles. The van der Waals surface area contributed by atoms with Gasteiger partial charge < -0.3 is 16.0 Å². The number of hydroxylamine groups is 6. The summed E-state index contributed by atoms with van der Waals surface area (Å²) in [6.45, 7) is 6.92. The van der Waals surface area contributed by atoms with Crippen LogP contribution in [0.5, 0.6) is 0 Å². The first-order valence-corrected chi connectivity index (χ1v) is 19.4. The van der Waals surface area contributed by atoms with Gasteiger partial charge in [0.1, 0.15) is 19.8 Å². The van der Waals surface area contributed by atoms with Gasteiger partial charge in [-0.25, -0.2) is 15.2 Å². The van der Waals surface area contributed by atoms with Gasteiger partial charge in [0.25, 0.3) is 0 Å². The van der Waals surface area contributed by atoms with E-state index in [2.05, 4.69) is 16.0 Å². The summed E-state index contributed by atoms with van der Waals surface area (Å²) in [6.07, 6.45) is 0.0809. The highest BCUT2D eigenvalue weighted by molar-refractivity contribution is 5.78. The zero-order valence-corrected chi connectivity index (χ0v) is 33.7. The van der Waals surface area contributed by atoms with Crippen LogP contribution in [0.4, 0.5) is 0 Å². The third-order valence-electron chi connectivity index (χ3n) is 8.62. The fourth-order valence-corrected chi connectivity index (χ4v) is 5.39. The summed E-state index contributed by atoms with van der Waals surface area (Å²) in [5, 5.41) is 12.1. The Morgan fingerprint density at radius 1 is 0.414 bits per heavy atom. The molecule has 16 heteroatoms. The Labute approximate surface area is 340 Å². The number of hydrogen-bond acceptors (Lipinski definition) is 10. The van der Waals surface area contributed by atoms with E-state index >= 15 is 0 Å². The van der Waals surface area contributed by atoms with E-state index in [0.29, 0.717) is 19.6 Å². The Morgan fingerprint density at radius 3 is 0.914 bits per heavy atom. The Balaban J connectivity index is 1.46. The molecule has 3 aromatic carbocycles. The molecule has 0 radical (unpaired) electrons. The molecule has 0 aliphatic heterocycles. The molecule has 0 saturated heterocycles. The summed E-state index contributed by atoms with van der Waals surface area (Å²) >= 11 is 0. The van der Waals surface area contributed by atoms with Crippen molar-refractivity contribution < 1.29 is 43.3 Å². The van der Waals surface area contributed by atoms with Crippen LogP contribution in [0.25, 0.3) is 0 Å². The molecule has 0 aliphatic rings. The van der Waals surface area contributed by atoms with E-state index < -0.39 is 0 Å². The minimum atomic E-state index is -0.318. The summed E-state index contributed by atoms with van der Waals surface area (Å²) in [7, 11) is 0. The molecule has 0 saturated carbocycles. The van der Waals surface area contributed by atoms with Crippen molar-refractivity contribution in [2.45, 2.75) is 59.9 Å². The zero-order valence-electron chi connectivity index (χ0n) is 33.7. The number of carbonyl (C=O) groups excluding carboxylic acids is 6. The third-order valence-corrected chi connectivity index (χ3v) is 8.62. The molecule has 58 heavy (non-hydrogen) atoms. The van der Waals surface area contributed by atoms with Crippen molar-refractivity contribution in [2.75, 3.05) is 58.9 Å². The van der Waals surface area contributed by atoms with Gasteiger partial charge in [-0.1, -0.05) is 91.0 Å². The number of nitrogens with zero attached hydrogens (tertiary/aromatic N) is 4. The largest absolute Gasteiger partial charge is 0.355 e. The van der Waals surface area contributed by atoms with Crippen molar-refractivity contribution in [3.05, 3.63) is 108 Å². The zero-order chi connectivity index (χ0) is 42.0. The topological polar surface area (TPSA) is 179 Å². The number of amides is 6. The lowest BCUT2D eigenvalue weighted by Gasteiger charge is -2.24. The van der Waals surface area contributed by atoms with Gasteiger partial charge in [0.05, 0.1) is 19.6 Å². The normalized spacial score (nSPS) is 10.8. The highest BCUT2D eigenvalue weighted by Crippen LogP contribution is 2.07. The number of carbonyl (C=O) groups is 6. The highest BCUT2D eigenvalue weighted by Gasteiger charge is 2.16. The third kappa shape index (κ3) is 20.0. The molecule has 0 unspecified atom stereocenters. The van der Waals surface area contributed by atoms with Crippen LogP contribution in [-0.2, 0) is 63.1 Å². The van der Waals surface area contributed by atoms with Gasteiger partial charge >= 0.3 is 0 Å². The number of rotatable bonds is 27. The summed E-state index contributed by atoms with van der Waals surface area (Å²) in [4.78, 5) is 93.4. The second-order valence-electron chi connectivity index (χ2n) is 13.3. The first-order valence-electron chi connectivity index (χ1n) is 19.4. The van der Waals surface area contributed by atoms with Gasteiger partial charge in [-0.05, 0) is 16.7 Å². The van der Waals surface area contributed by atoms with Crippen molar-refractivity contribution in [2.24, 2.45) is 0 Å². The van der Waals surface area contributed by atoms with Gasteiger partial charge in [0.15, 0.2) is 0 Å². The summed E-state index contributed by atoms with van der Waals surface area (Å²) < 4.78 is 0. The maximum Gasteiger partial charge on any atom is 0.243 e. The van der Waals surface area contributed by atoms with Crippen LogP contribution in [0.15, 0.2) is 91.0 Å². The second kappa shape index (κ2) is 27.0. The average molecular weight is 804 g/mol. The molecule has 0 bridgehead atoms. The predicted octanol–water partition coefficient (Wildman–Crippen LogP) is 2.75. The lowest BCUT2D eigenvalue weighted by atomic mass is 10.2. The van der Waals surface area contributed by atoms with Crippen LogP contribution < -0.4 is 16.0 Å². The van der Waals surface area contributed by atoms with Crippen molar-refractivity contribution in [1.82, 2.24) is 36.0 Å². The van der Waals surface area contributed by atoms with Crippen molar-refractivity contribution in [3.8, 4) is 0 Å². The molecule has 314 valence electrons. The van der Waals surface area contributed by atoms with Crippen LogP contribution in [0.2, 0.25) is 0 Å². The molecule has 3 aromatic rings. The molecule has 6 amide bonds. The first kappa shape index (κ1) is 46.7. The van der Waals surface area contributed by atoms with E-state index in [0.717, 1.165) is 16.7 Å². The fourth-order valence-electron chi connectivity index (χ4n) is 5.39. The van der Waals surface area contributed by atoms with Gasteiger partial charge in [0, 0.05) is 79.3 Å². The molecular weight excluding hydrogens is 747 g/mol. The fraction of sp³-hybridized carbons (Fsp3) is 0.429. The quantitative estimate of drug-likeness (QED) is 0.0972. The van der Waals surface area contributed by atoms with Crippen molar-refractivity contribution >= 4 is 35.4 Å². The van der Waals surface area contributed by atoms with E-state index in [9.17, 15) is 28.8 Å². The predicted molar refractivity (Wildman–Crippen MR) is 215 cm³/mol. The lowest BCUT2D eigenvalue weighted by molar-refractivity contribution is -0.190. The Morgan fingerprint density at radius 2 is 0.672 bits per heavy atom. The Kier molecular flexibility index (Phi) is 21.8. The minimum Gasteiger partial charge on any atom is -0.355 e. The van der Waals surface area contributed by atoms with Crippen LogP contribution in [-0.4, -0.2) is 114 Å². The van der Waals surface area contributed by atoms with E-state index in [4.69, 9.17) is 14.5 Å². The molecule has 0 atom stereocenters. The molecule has 3 rings (SSSR count). The first-order chi connectivity index (χ1) is 28.0. The summed E-state index contributed by atoms with van der Waals surface area (Å²) in [6, 6.07) is 28.2. The Bertz CT molecular complexity index is 1500. The Hall–Kier alpha value is -5.68. The second-order valence-corrected chi connectivity index (χ2v) is 13.3. The molecule has 0 aliphatic carbocycles. The maximum atomic E-state index is 12.7. The summed E-state index contributed by atoms with van der Waals surface area (Å²) in [5.41, 5.74) is 2.67. The number of benzene rings is 3. The molecular formula is C42H57N7O9. The van der Waals surface area contributed by atoms with Gasteiger partial charge in [-0.2, -0.15) is 0 Å². The SMILES string of the molecule is CC(=O)N(CCC(=O)NCCN(CCNC(=O)CCN(OCc1ccccc1)C(C)=O)CCNC(=O)CCN(OCc1ccccc1)C(C)=O)OCc1ccccc1. The average Bonchev–Trinajstić information content (AvgIpc) is 3.21. The van der Waals surface area contributed by atoms with E-state index in [1.807, 2.05) is 95.9 Å². The smallest absolute Gasteiger partial charge is 0.243 e. The van der Waals surface area contributed by atoms with Crippen LogP contribution >= 0.6 is 0 Å². The van der Waals surface area contributed by atoms with Crippen LogP contribution in [0, 0.1) is 0 Å². The van der Waals surface area contributed by atoms with Gasteiger partial charge in [-0.15, -0.1) is 0 Å². The van der Waals surface area contributed by atoms with Gasteiger partial charge in [-0.3, -0.25) is 48.2 Å². The van der Waals surface area contributed by atoms with Crippen molar-refractivity contribution in [1.29, 1.82) is 0 Å². The van der Waals surface area contributed by atoms with Gasteiger partial charge in [0.2, 0.25) is 35.4 Å². The molecule has 0 spiro atoms. The van der Waals surface area contributed by atoms with E-state index in [1.54, 1.807) is 0 Å². The molecule has 0 heterocycles. The molecule has 0 fully saturated rings. The van der Waals surface area contributed by atoms with Crippen LogP contribution in [0.3, 0.4) is 0 Å². The van der Waals surface area contributed by atoms with Crippen molar-refractivity contribution in [3.63, 3.8) is 0 Å². The summed E-state index contributed by atoms with van der Waals surface area (Å²) in [5.74, 6) is -1.77. The molecule has 16 nitrogen and oxygen atoms in total. The maximum absolute atomic E-state index is 12.7. The van der Waals surface area contributed by atoms with E-state index in [1.165, 1.54) is 36.0 Å². The molecule has 3 N–H and O–H groups in total.